The van der Waals surface area contributed by atoms with Gasteiger partial charge < -0.3 is 4.74 Å². The van der Waals surface area contributed by atoms with Gasteiger partial charge in [-0.25, -0.2) is 10.0 Å². The number of ether oxygens (including phenoxy) is 1. The monoisotopic (exact) mass is 343 g/mol. The van der Waals surface area contributed by atoms with Crippen molar-refractivity contribution in [1.29, 1.82) is 0 Å². The Kier molecular flexibility index (Phi) is 3.47. The highest BCUT2D eigenvalue weighted by Gasteiger charge is 2.48. The van der Waals surface area contributed by atoms with E-state index in [0.717, 1.165) is 22.9 Å². The van der Waals surface area contributed by atoms with Crippen molar-refractivity contribution >= 4 is 18.2 Å². The van der Waals surface area contributed by atoms with Gasteiger partial charge in [0.2, 0.25) is 12.0 Å². The molecule has 0 aromatic heterocycles. The number of hydrogen-bond donors (Lipinski definition) is 0. The lowest BCUT2D eigenvalue weighted by Crippen LogP contribution is -2.56. The molecule has 5 rings (SSSR count). The highest BCUT2D eigenvalue weighted by molar-refractivity contribution is 5.82. The second-order valence-electron chi connectivity index (χ2n) is 6.62. The fourth-order valence-corrected chi connectivity index (χ4v) is 3.41. The molecule has 2 heterocycles. The molecule has 1 aliphatic carbocycles. The highest BCUT2D eigenvalue weighted by atomic mass is 16.5. The summed E-state index contributed by atoms with van der Waals surface area (Å²) in [5, 5.41) is 2.40. The number of para-hydroxylation sites is 1. The van der Waals surface area contributed by atoms with E-state index in [9.17, 15) is 0 Å². The smallest absolute Gasteiger partial charge is 0.225 e. The van der Waals surface area contributed by atoms with Gasteiger partial charge in [0.1, 0.15) is 11.5 Å². The molecule has 5 nitrogen and oxygen atoms in total. The van der Waals surface area contributed by atoms with Gasteiger partial charge in [0.15, 0.2) is 6.20 Å². The summed E-state index contributed by atoms with van der Waals surface area (Å²) in [7, 11) is 0. The number of fused-ring (bicyclic) bond motifs is 1. The first-order valence-corrected chi connectivity index (χ1v) is 8.82. The Morgan fingerprint density at radius 1 is 0.923 bits per heavy atom. The first-order chi connectivity index (χ1) is 12.9. The molecule has 0 spiro atoms. The molecular formula is C21H19N4O+. The van der Waals surface area contributed by atoms with Crippen LogP contribution in [0.25, 0.3) is 0 Å². The standard InChI is InChI=1S/C21H19N4O/c1-2-4-20(5-3-1)26-21-10-8-18(9-11-21)24(17-6-7-17)25-13-12-22-14-19(25)15-23-16-25/h1-5,8-17H,6-7H2/q+1. The third kappa shape index (κ3) is 2.53. The topological polar surface area (TPSA) is 37.2 Å². The number of anilines is 1. The summed E-state index contributed by atoms with van der Waals surface area (Å²) >= 11 is 0. The maximum atomic E-state index is 5.92. The fourth-order valence-electron chi connectivity index (χ4n) is 3.41. The van der Waals surface area contributed by atoms with E-state index in [2.05, 4.69) is 33.3 Å². The minimum atomic E-state index is 0.479. The Morgan fingerprint density at radius 3 is 2.46 bits per heavy atom. The summed E-state index contributed by atoms with van der Waals surface area (Å²) in [5.74, 6) is 1.67. The zero-order chi connectivity index (χ0) is 17.4. The van der Waals surface area contributed by atoms with Crippen molar-refractivity contribution in [3.8, 4) is 11.5 Å². The summed E-state index contributed by atoms with van der Waals surface area (Å²) < 4.78 is 6.40. The molecule has 0 bridgehead atoms. The summed E-state index contributed by atoms with van der Waals surface area (Å²) in [6.45, 7) is 0. The van der Waals surface area contributed by atoms with Crippen LogP contribution < -0.4 is 9.75 Å². The summed E-state index contributed by atoms with van der Waals surface area (Å²) in [6, 6.07) is 18.6. The fraction of sp³-hybridized carbons (Fsp3) is 0.143. The second kappa shape index (κ2) is 5.97. The molecule has 1 unspecified atom stereocenters. The molecule has 2 aromatic rings. The molecule has 26 heavy (non-hydrogen) atoms. The molecule has 1 atom stereocenters. The Morgan fingerprint density at radius 2 is 1.69 bits per heavy atom. The van der Waals surface area contributed by atoms with Crippen molar-refractivity contribution in [2.75, 3.05) is 5.01 Å². The highest BCUT2D eigenvalue weighted by Crippen LogP contribution is 2.41. The average Bonchev–Trinajstić information content (AvgIpc) is 3.41. The second-order valence-corrected chi connectivity index (χ2v) is 6.62. The van der Waals surface area contributed by atoms with Crippen molar-refractivity contribution < 1.29 is 9.33 Å². The van der Waals surface area contributed by atoms with Gasteiger partial charge in [0.05, 0.1) is 30.3 Å². The van der Waals surface area contributed by atoms with E-state index >= 15 is 0 Å². The van der Waals surface area contributed by atoms with E-state index in [0.29, 0.717) is 10.6 Å². The number of allylic oxidation sites excluding steroid dienone is 1. The van der Waals surface area contributed by atoms with Gasteiger partial charge in [-0.3, -0.25) is 4.99 Å². The molecule has 2 aliphatic heterocycles. The predicted octanol–water partition coefficient (Wildman–Crippen LogP) is 4.62. The van der Waals surface area contributed by atoms with Crippen molar-refractivity contribution in [2.45, 2.75) is 18.9 Å². The van der Waals surface area contributed by atoms with Gasteiger partial charge in [0.25, 0.3) is 0 Å². The quantitative estimate of drug-likeness (QED) is 0.743. The summed E-state index contributed by atoms with van der Waals surface area (Å²) in [4.78, 5) is 8.67. The van der Waals surface area contributed by atoms with Crippen LogP contribution in [0, 0.1) is 0 Å². The van der Waals surface area contributed by atoms with E-state index in [-0.39, 0.29) is 0 Å². The minimum Gasteiger partial charge on any atom is -0.457 e. The lowest BCUT2D eigenvalue weighted by molar-refractivity contribution is -0.743. The molecule has 0 radical (unpaired) electrons. The molecule has 1 saturated carbocycles. The summed E-state index contributed by atoms with van der Waals surface area (Å²) in [5.41, 5.74) is 2.20. The van der Waals surface area contributed by atoms with Gasteiger partial charge in [-0.2, -0.15) is 0 Å². The van der Waals surface area contributed by atoms with Gasteiger partial charge in [0, 0.05) is 0 Å². The molecule has 0 N–H and O–H groups in total. The van der Waals surface area contributed by atoms with Gasteiger partial charge in [-0.1, -0.05) is 18.2 Å². The maximum Gasteiger partial charge on any atom is 0.225 e. The van der Waals surface area contributed by atoms with Gasteiger partial charge >= 0.3 is 0 Å². The molecule has 2 aromatic carbocycles. The van der Waals surface area contributed by atoms with Crippen LogP contribution in [0.5, 0.6) is 11.5 Å². The first-order valence-electron chi connectivity index (χ1n) is 8.82. The van der Waals surface area contributed by atoms with Crippen molar-refractivity contribution in [3.05, 3.63) is 78.9 Å². The van der Waals surface area contributed by atoms with Crippen LogP contribution in [0.3, 0.4) is 0 Å². The van der Waals surface area contributed by atoms with Crippen LogP contribution in [-0.4, -0.2) is 23.2 Å². The third-order valence-corrected chi connectivity index (χ3v) is 4.78. The Labute approximate surface area is 152 Å². The molecule has 0 amide bonds. The third-order valence-electron chi connectivity index (χ3n) is 4.78. The number of benzene rings is 2. The van der Waals surface area contributed by atoms with Crippen LogP contribution >= 0.6 is 0 Å². The predicted molar refractivity (Wildman–Crippen MR) is 103 cm³/mol. The van der Waals surface area contributed by atoms with Crippen LogP contribution in [0.1, 0.15) is 12.8 Å². The van der Waals surface area contributed by atoms with Gasteiger partial charge in [-0.05, 0) is 49.2 Å². The van der Waals surface area contributed by atoms with E-state index in [1.807, 2.05) is 67.4 Å². The summed E-state index contributed by atoms with van der Waals surface area (Å²) in [6.07, 6.45) is 12.0. The van der Waals surface area contributed by atoms with E-state index in [1.165, 1.54) is 12.8 Å². The molecule has 128 valence electrons. The molecule has 3 aliphatic rings. The van der Waals surface area contributed by atoms with Crippen LogP contribution in [0.15, 0.2) is 88.9 Å². The molecular weight excluding hydrogens is 324 g/mol. The van der Waals surface area contributed by atoms with E-state index < -0.39 is 0 Å². The zero-order valence-electron chi connectivity index (χ0n) is 14.3. The van der Waals surface area contributed by atoms with Gasteiger partial charge in [-0.15, -0.1) is 4.59 Å². The molecule has 5 heteroatoms. The van der Waals surface area contributed by atoms with E-state index in [4.69, 9.17) is 4.74 Å². The molecule has 0 saturated heterocycles. The lowest BCUT2D eigenvalue weighted by Gasteiger charge is -2.39. The van der Waals surface area contributed by atoms with E-state index in [1.54, 1.807) is 0 Å². The van der Waals surface area contributed by atoms with Crippen LogP contribution in [0.2, 0.25) is 0 Å². The average molecular weight is 343 g/mol. The Hall–Kier alpha value is -3.18. The maximum absolute atomic E-state index is 5.92. The van der Waals surface area contributed by atoms with Crippen molar-refractivity contribution in [2.24, 2.45) is 9.98 Å². The SMILES string of the molecule is C1=C[N+]2(N(c3ccc(Oc4ccccc4)cc3)C3CC3)C=NC=C2C=N1. The number of aliphatic imine (C=N–C) groups is 2. The zero-order valence-corrected chi connectivity index (χ0v) is 14.3. The number of rotatable bonds is 5. The van der Waals surface area contributed by atoms with Crippen LogP contribution in [-0.2, 0) is 0 Å². The van der Waals surface area contributed by atoms with Crippen LogP contribution in [0.4, 0.5) is 5.69 Å². The number of nitrogens with zero attached hydrogens (tertiary/aromatic N) is 4. The lowest BCUT2D eigenvalue weighted by atomic mass is 10.2. The molecule has 1 fully saturated rings. The Bertz CT molecular complexity index is 926. The Balaban J connectivity index is 1.46. The number of hydrogen-bond acceptors (Lipinski definition) is 4. The first kappa shape index (κ1) is 15.1. The minimum absolute atomic E-state index is 0.479. The normalized spacial score (nSPS) is 22.8. The van der Waals surface area contributed by atoms with Crippen molar-refractivity contribution in [3.63, 3.8) is 0 Å². The van der Waals surface area contributed by atoms with Crippen molar-refractivity contribution in [1.82, 2.24) is 0 Å². The largest absolute Gasteiger partial charge is 0.457 e. The number of quaternary nitrogens is 1.